The van der Waals surface area contributed by atoms with Gasteiger partial charge in [0.15, 0.2) is 0 Å². The van der Waals surface area contributed by atoms with Crippen LogP contribution in [0.25, 0.3) is 0 Å². The topological polar surface area (TPSA) is 35.5 Å². The Morgan fingerprint density at radius 1 is 1.40 bits per heavy atom. The molecule has 0 fully saturated rings. The first-order chi connectivity index (χ1) is 6.98. The van der Waals surface area contributed by atoms with Gasteiger partial charge >= 0.3 is 0 Å². The van der Waals surface area contributed by atoms with Gasteiger partial charge in [0.1, 0.15) is 5.75 Å². The van der Waals surface area contributed by atoms with Crippen LogP contribution in [-0.2, 0) is 0 Å². The van der Waals surface area contributed by atoms with E-state index in [2.05, 4.69) is 31.1 Å². The predicted molar refractivity (Wildman–Crippen MR) is 63.6 cm³/mol. The molecule has 3 heteroatoms. The molecule has 0 saturated heterocycles. The van der Waals surface area contributed by atoms with E-state index in [1.165, 1.54) is 0 Å². The number of hydrogen-bond acceptors (Lipinski definition) is 3. The van der Waals surface area contributed by atoms with E-state index >= 15 is 0 Å². The summed E-state index contributed by atoms with van der Waals surface area (Å²) in [6, 6.07) is 5.46. The number of benzene rings is 1. The van der Waals surface area contributed by atoms with Gasteiger partial charge in [-0.15, -0.1) is 0 Å². The van der Waals surface area contributed by atoms with Crippen molar-refractivity contribution in [3.63, 3.8) is 0 Å². The van der Waals surface area contributed by atoms with Gasteiger partial charge in [-0.25, -0.2) is 0 Å². The zero-order chi connectivity index (χ0) is 11.1. The largest absolute Gasteiger partial charge is 0.508 e. The maximum absolute atomic E-state index is 9.47. The number of phenols is 1. The smallest absolute Gasteiger partial charge is 0.117 e. The number of nitrogens with one attached hydrogen (secondary N) is 1. The minimum atomic E-state index is 0.239. The molecule has 0 radical (unpaired) electrons. The van der Waals surface area contributed by atoms with Gasteiger partial charge in [-0.05, 0) is 17.5 Å². The van der Waals surface area contributed by atoms with Crippen LogP contribution >= 0.6 is 0 Å². The van der Waals surface area contributed by atoms with Gasteiger partial charge < -0.3 is 15.3 Å². The van der Waals surface area contributed by atoms with Crippen LogP contribution in [-0.4, -0.2) is 25.2 Å². The van der Waals surface area contributed by atoms with Crippen LogP contribution in [0.2, 0.25) is 0 Å². The van der Waals surface area contributed by atoms with Gasteiger partial charge in [-0.3, -0.25) is 0 Å². The number of hydrogen-bond donors (Lipinski definition) is 2. The van der Waals surface area contributed by atoms with Crippen molar-refractivity contribution < 1.29 is 5.11 Å². The molecule has 2 rings (SSSR count). The lowest BCUT2D eigenvalue weighted by molar-refractivity contribution is 0.402. The predicted octanol–water partition coefficient (Wildman–Crippen LogP) is 2.28. The Morgan fingerprint density at radius 3 is 2.87 bits per heavy atom. The fourth-order valence-electron chi connectivity index (χ4n) is 2.10. The highest BCUT2D eigenvalue weighted by molar-refractivity contribution is 5.72. The van der Waals surface area contributed by atoms with E-state index < -0.39 is 0 Å². The quantitative estimate of drug-likeness (QED) is 0.639. The molecular weight excluding hydrogens is 188 g/mol. The third-order valence-corrected chi connectivity index (χ3v) is 2.82. The SMILES string of the molecule is CN1CC(C)(C)CNc2ccc(O)cc21. The number of phenolic OH excluding ortho intramolecular Hbond substituents is 1. The van der Waals surface area contributed by atoms with Crippen molar-refractivity contribution in [1.29, 1.82) is 0 Å². The maximum atomic E-state index is 9.47. The molecule has 1 aromatic carbocycles. The number of nitrogens with zero attached hydrogens (tertiary/aromatic N) is 1. The summed E-state index contributed by atoms with van der Waals surface area (Å²) >= 11 is 0. The lowest BCUT2D eigenvalue weighted by Gasteiger charge is -2.27. The molecule has 1 aromatic rings. The Bertz CT molecular complexity index is 374. The summed E-state index contributed by atoms with van der Waals surface area (Å²) in [4.78, 5) is 2.19. The molecule has 2 N–H and O–H groups in total. The molecule has 1 aliphatic heterocycles. The van der Waals surface area contributed by atoms with E-state index in [0.717, 1.165) is 24.5 Å². The van der Waals surface area contributed by atoms with Crippen LogP contribution in [0.1, 0.15) is 13.8 Å². The van der Waals surface area contributed by atoms with Crippen molar-refractivity contribution in [2.45, 2.75) is 13.8 Å². The van der Waals surface area contributed by atoms with E-state index in [9.17, 15) is 5.11 Å². The Balaban J connectivity index is 2.40. The maximum Gasteiger partial charge on any atom is 0.117 e. The lowest BCUT2D eigenvalue weighted by atomic mass is 9.93. The summed E-state index contributed by atoms with van der Waals surface area (Å²) in [7, 11) is 2.06. The molecule has 0 aromatic heterocycles. The van der Waals surface area contributed by atoms with Crippen LogP contribution < -0.4 is 10.2 Å². The van der Waals surface area contributed by atoms with E-state index in [1.54, 1.807) is 6.07 Å². The van der Waals surface area contributed by atoms with Gasteiger partial charge in [-0.2, -0.15) is 0 Å². The van der Waals surface area contributed by atoms with Gasteiger partial charge in [0.25, 0.3) is 0 Å². The first kappa shape index (κ1) is 10.1. The van der Waals surface area contributed by atoms with Crippen molar-refractivity contribution in [1.82, 2.24) is 0 Å². The highest BCUT2D eigenvalue weighted by atomic mass is 16.3. The minimum Gasteiger partial charge on any atom is -0.508 e. The number of anilines is 2. The average Bonchev–Trinajstić information content (AvgIpc) is 2.24. The number of rotatable bonds is 0. The highest BCUT2D eigenvalue weighted by Gasteiger charge is 2.25. The monoisotopic (exact) mass is 206 g/mol. The zero-order valence-corrected chi connectivity index (χ0v) is 9.54. The van der Waals surface area contributed by atoms with E-state index in [1.807, 2.05) is 12.1 Å². The third-order valence-electron chi connectivity index (χ3n) is 2.82. The van der Waals surface area contributed by atoms with Crippen molar-refractivity contribution in [2.24, 2.45) is 5.41 Å². The lowest BCUT2D eigenvalue weighted by Crippen LogP contribution is -2.33. The Morgan fingerprint density at radius 2 is 2.13 bits per heavy atom. The summed E-state index contributed by atoms with van der Waals surface area (Å²) in [6.45, 7) is 6.41. The fraction of sp³-hybridized carbons (Fsp3) is 0.500. The van der Waals surface area contributed by atoms with Gasteiger partial charge in [0, 0.05) is 26.2 Å². The Kier molecular flexibility index (Phi) is 2.25. The molecule has 0 atom stereocenters. The highest BCUT2D eigenvalue weighted by Crippen LogP contribution is 2.34. The molecule has 1 heterocycles. The summed E-state index contributed by atoms with van der Waals surface area (Å²) in [6.07, 6.45) is 0. The zero-order valence-electron chi connectivity index (χ0n) is 9.54. The average molecular weight is 206 g/mol. The van der Waals surface area contributed by atoms with Crippen LogP contribution in [0, 0.1) is 5.41 Å². The first-order valence-corrected chi connectivity index (χ1v) is 5.26. The van der Waals surface area contributed by atoms with E-state index in [4.69, 9.17) is 0 Å². The Hall–Kier alpha value is -1.38. The molecular formula is C12H18N2O. The molecule has 15 heavy (non-hydrogen) atoms. The van der Waals surface area contributed by atoms with Crippen molar-refractivity contribution in [3.05, 3.63) is 18.2 Å². The second-order valence-electron chi connectivity index (χ2n) is 5.08. The molecule has 0 bridgehead atoms. The summed E-state index contributed by atoms with van der Waals surface area (Å²) in [5.74, 6) is 0.321. The van der Waals surface area contributed by atoms with Crippen LogP contribution in [0.15, 0.2) is 18.2 Å². The van der Waals surface area contributed by atoms with Crippen LogP contribution in [0.3, 0.4) is 0 Å². The van der Waals surface area contributed by atoms with Crippen LogP contribution in [0.5, 0.6) is 5.75 Å². The molecule has 3 nitrogen and oxygen atoms in total. The fourth-order valence-corrected chi connectivity index (χ4v) is 2.10. The van der Waals surface area contributed by atoms with E-state index in [0.29, 0.717) is 5.75 Å². The number of fused-ring (bicyclic) bond motifs is 1. The third kappa shape index (κ3) is 2.01. The second-order valence-corrected chi connectivity index (χ2v) is 5.08. The number of aromatic hydroxyl groups is 1. The molecule has 1 aliphatic rings. The van der Waals surface area contributed by atoms with Gasteiger partial charge in [0.05, 0.1) is 11.4 Å². The first-order valence-electron chi connectivity index (χ1n) is 5.26. The normalized spacial score (nSPS) is 19.0. The molecule has 82 valence electrons. The van der Waals surface area contributed by atoms with Crippen molar-refractivity contribution in [3.8, 4) is 5.75 Å². The molecule has 0 saturated carbocycles. The minimum absolute atomic E-state index is 0.239. The standard InChI is InChI=1S/C12H18N2O/c1-12(2)7-13-10-5-4-9(15)6-11(10)14(3)8-12/h4-6,13,15H,7-8H2,1-3H3. The molecule has 0 amide bonds. The molecule has 0 unspecified atom stereocenters. The van der Waals surface area contributed by atoms with Gasteiger partial charge in [-0.1, -0.05) is 13.8 Å². The van der Waals surface area contributed by atoms with Crippen molar-refractivity contribution >= 4 is 11.4 Å². The Labute approximate surface area is 90.7 Å². The molecule has 0 spiro atoms. The second kappa shape index (κ2) is 3.33. The summed E-state index contributed by atoms with van der Waals surface area (Å²) in [5, 5.41) is 12.9. The molecule has 0 aliphatic carbocycles. The van der Waals surface area contributed by atoms with E-state index in [-0.39, 0.29) is 5.41 Å². The summed E-state index contributed by atoms with van der Waals surface area (Å²) in [5.41, 5.74) is 2.41. The van der Waals surface area contributed by atoms with Crippen molar-refractivity contribution in [2.75, 3.05) is 30.4 Å². The van der Waals surface area contributed by atoms with Gasteiger partial charge in [0.2, 0.25) is 0 Å². The van der Waals surface area contributed by atoms with Crippen LogP contribution in [0.4, 0.5) is 11.4 Å². The summed E-state index contributed by atoms with van der Waals surface area (Å²) < 4.78 is 0.